The maximum Gasteiger partial charge on any atom is 0.251 e. The van der Waals surface area contributed by atoms with E-state index in [0.717, 1.165) is 38.8 Å². The van der Waals surface area contributed by atoms with Gasteiger partial charge in [0.2, 0.25) is 0 Å². The third-order valence-corrected chi connectivity index (χ3v) is 6.31. The van der Waals surface area contributed by atoms with E-state index in [1.54, 1.807) is 13.3 Å². The fourth-order valence-corrected chi connectivity index (χ4v) is 4.28. The van der Waals surface area contributed by atoms with Crippen molar-refractivity contribution in [3.8, 4) is 17.2 Å². The van der Waals surface area contributed by atoms with Crippen LogP contribution in [0.3, 0.4) is 0 Å². The number of imidazole rings is 1. The van der Waals surface area contributed by atoms with Gasteiger partial charge < -0.3 is 19.4 Å². The lowest BCUT2D eigenvalue weighted by atomic mass is 10.1. The lowest BCUT2D eigenvalue weighted by Crippen LogP contribution is -2.23. The van der Waals surface area contributed by atoms with E-state index in [1.165, 1.54) is 0 Å². The van der Waals surface area contributed by atoms with Gasteiger partial charge in [0.15, 0.2) is 0 Å². The van der Waals surface area contributed by atoms with Crippen LogP contribution in [0.25, 0.3) is 21.9 Å². The van der Waals surface area contributed by atoms with Gasteiger partial charge in [0, 0.05) is 41.4 Å². The Labute approximate surface area is 209 Å². The molecule has 1 amide bonds. The number of nitrogens with one attached hydrogen (secondary N) is 1. The number of ether oxygens (including phenoxy) is 2. The van der Waals surface area contributed by atoms with Crippen molar-refractivity contribution < 1.29 is 14.3 Å². The molecule has 0 aliphatic heterocycles. The highest BCUT2D eigenvalue weighted by molar-refractivity contribution is 5.96. The fraction of sp³-hybridized carbons (Fsp3) is 0.207. The number of benzene rings is 3. The van der Waals surface area contributed by atoms with Gasteiger partial charge in [-0.25, -0.2) is 4.98 Å². The quantitative estimate of drug-likeness (QED) is 0.300. The van der Waals surface area contributed by atoms with E-state index in [1.807, 2.05) is 67.8 Å². The van der Waals surface area contributed by atoms with Crippen LogP contribution in [-0.2, 0) is 6.54 Å². The second-order valence-electron chi connectivity index (χ2n) is 8.97. The molecule has 5 aromatic rings. The van der Waals surface area contributed by atoms with E-state index in [-0.39, 0.29) is 5.91 Å². The molecule has 0 aliphatic carbocycles. The van der Waals surface area contributed by atoms with Gasteiger partial charge in [-0.2, -0.15) is 0 Å². The van der Waals surface area contributed by atoms with Crippen LogP contribution in [0.5, 0.6) is 17.2 Å². The summed E-state index contributed by atoms with van der Waals surface area (Å²) >= 11 is 0. The molecule has 7 heteroatoms. The lowest BCUT2D eigenvalue weighted by molar-refractivity contribution is 0.0950. The largest absolute Gasteiger partial charge is 0.497 e. The number of carbonyl (C=O) groups is 1. The summed E-state index contributed by atoms with van der Waals surface area (Å²) in [5.41, 5.74) is 5.13. The van der Waals surface area contributed by atoms with Crippen molar-refractivity contribution in [3.05, 3.63) is 89.9 Å². The lowest BCUT2D eigenvalue weighted by Gasteiger charge is -2.14. The molecule has 2 heterocycles. The molecule has 0 unspecified atom stereocenters. The van der Waals surface area contributed by atoms with Gasteiger partial charge in [-0.15, -0.1) is 0 Å². The summed E-state index contributed by atoms with van der Waals surface area (Å²) < 4.78 is 13.7. The molecule has 5 rings (SSSR count). The Morgan fingerprint density at radius 2 is 1.86 bits per heavy atom. The molecular weight excluding hydrogens is 452 g/mol. The van der Waals surface area contributed by atoms with E-state index in [4.69, 9.17) is 9.47 Å². The molecule has 182 valence electrons. The number of hydrogen-bond acceptors (Lipinski definition) is 5. The van der Waals surface area contributed by atoms with Gasteiger partial charge in [-0.3, -0.25) is 9.78 Å². The number of methoxy groups -OCH3 is 1. The normalized spacial score (nSPS) is 11.2. The minimum absolute atomic E-state index is 0.153. The molecule has 7 nitrogen and oxygen atoms in total. The molecule has 0 saturated carbocycles. The first-order valence-electron chi connectivity index (χ1n) is 11.9. The number of carbonyl (C=O) groups excluding carboxylic acids is 1. The van der Waals surface area contributed by atoms with Crippen molar-refractivity contribution in [1.82, 2.24) is 19.9 Å². The number of amides is 1. The van der Waals surface area contributed by atoms with Gasteiger partial charge in [-0.1, -0.05) is 12.1 Å². The highest BCUT2D eigenvalue weighted by Crippen LogP contribution is 2.33. The number of pyridine rings is 1. The average Bonchev–Trinajstić information content (AvgIpc) is 3.32. The topological polar surface area (TPSA) is 78.3 Å². The summed E-state index contributed by atoms with van der Waals surface area (Å²) in [5.74, 6) is 1.86. The van der Waals surface area contributed by atoms with Crippen LogP contribution in [0.2, 0.25) is 0 Å². The molecular formula is C29H28N4O3. The van der Waals surface area contributed by atoms with Gasteiger partial charge in [-0.05, 0) is 68.8 Å². The standard InChI is InChI=1S/C29H28N4O3/c1-18(2)33-17-32-24-11-8-20(14-26(24)33)16-31-29(34)22-6-5-7-27(19(22)3)36-28-12-13-30-25-15-21(35-4)9-10-23(25)28/h5-15,17-18H,16H2,1-4H3,(H,31,34). The van der Waals surface area contributed by atoms with E-state index >= 15 is 0 Å². The molecule has 0 atom stereocenters. The molecule has 0 bridgehead atoms. The van der Waals surface area contributed by atoms with Crippen LogP contribution < -0.4 is 14.8 Å². The van der Waals surface area contributed by atoms with Gasteiger partial charge in [0.25, 0.3) is 5.91 Å². The first-order chi connectivity index (χ1) is 17.4. The highest BCUT2D eigenvalue weighted by Gasteiger charge is 2.15. The Bertz CT molecular complexity index is 1570. The number of aromatic nitrogens is 3. The van der Waals surface area contributed by atoms with Crippen molar-refractivity contribution in [1.29, 1.82) is 0 Å². The van der Waals surface area contributed by atoms with Gasteiger partial charge in [0.1, 0.15) is 17.2 Å². The van der Waals surface area contributed by atoms with Crippen molar-refractivity contribution in [3.63, 3.8) is 0 Å². The van der Waals surface area contributed by atoms with Gasteiger partial charge in [0.05, 0.1) is 30.0 Å². The fourth-order valence-electron chi connectivity index (χ4n) is 4.28. The monoisotopic (exact) mass is 480 g/mol. The number of nitrogens with zero attached hydrogens (tertiary/aromatic N) is 3. The molecule has 0 saturated heterocycles. The molecule has 1 N–H and O–H groups in total. The van der Waals surface area contributed by atoms with Crippen LogP contribution in [-0.4, -0.2) is 27.6 Å². The molecule has 2 aromatic heterocycles. The first-order valence-corrected chi connectivity index (χ1v) is 11.9. The summed E-state index contributed by atoms with van der Waals surface area (Å²) in [6.45, 7) is 6.56. The zero-order valence-corrected chi connectivity index (χ0v) is 20.8. The maximum absolute atomic E-state index is 13.1. The summed E-state index contributed by atoms with van der Waals surface area (Å²) in [6, 6.07) is 19.4. The van der Waals surface area contributed by atoms with Crippen LogP contribution in [0.4, 0.5) is 0 Å². The second kappa shape index (κ2) is 9.70. The van der Waals surface area contributed by atoms with Crippen LogP contribution in [0.15, 0.2) is 73.2 Å². The third-order valence-electron chi connectivity index (χ3n) is 6.31. The van der Waals surface area contributed by atoms with Crippen molar-refractivity contribution in [2.24, 2.45) is 0 Å². The Morgan fingerprint density at radius 3 is 2.67 bits per heavy atom. The van der Waals surface area contributed by atoms with Crippen molar-refractivity contribution in [2.75, 3.05) is 7.11 Å². The Kier molecular flexibility index (Phi) is 6.29. The summed E-state index contributed by atoms with van der Waals surface area (Å²) in [6.07, 6.45) is 3.56. The van der Waals surface area contributed by atoms with Gasteiger partial charge >= 0.3 is 0 Å². The number of hydrogen-bond donors (Lipinski definition) is 1. The van der Waals surface area contributed by atoms with E-state index in [9.17, 15) is 4.79 Å². The van der Waals surface area contributed by atoms with Crippen molar-refractivity contribution in [2.45, 2.75) is 33.4 Å². The van der Waals surface area contributed by atoms with Crippen LogP contribution in [0, 0.1) is 6.92 Å². The van der Waals surface area contributed by atoms with Crippen molar-refractivity contribution >= 4 is 27.8 Å². The third kappa shape index (κ3) is 4.47. The SMILES string of the molecule is COc1ccc2c(Oc3cccc(C(=O)NCc4ccc5ncn(C(C)C)c5c4)c3C)ccnc2c1. The maximum atomic E-state index is 13.1. The summed E-state index contributed by atoms with van der Waals surface area (Å²) in [4.78, 5) is 22.0. The Morgan fingerprint density at radius 1 is 1.00 bits per heavy atom. The highest BCUT2D eigenvalue weighted by atomic mass is 16.5. The summed E-state index contributed by atoms with van der Waals surface area (Å²) in [5, 5.41) is 3.91. The predicted molar refractivity (Wildman–Crippen MR) is 141 cm³/mol. The zero-order valence-electron chi connectivity index (χ0n) is 20.8. The molecule has 36 heavy (non-hydrogen) atoms. The second-order valence-corrected chi connectivity index (χ2v) is 8.97. The smallest absolute Gasteiger partial charge is 0.251 e. The molecule has 0 aliphatic rings. The van der Waals surface area contributed by atoms with E-state index < -0.39 is 0 Å². The molecule has 0 radical (unpaired) electrons. The molecule has 0 fully saturated rings. The predicted octanol–water partition coefficient (Wildman–Crippen LogP) is 6.20. The minimum atomic E-state index is -0.153. The average molecular weight is 481 g/mol. The van der Waals surface area contributed by atoms with Crippen LogP contribution >= 0.6 is 0 Å². The summed E-state index contributed by atoms with van der Waals surface area (Å²) in [7, 11) is 1.63. The van der Waals surface area contributed by atoms with E-state index in [2.05, 4.69) is 39.8 Å². The Balaban J connectivity index is 1.35. The zero-order chi connectivity index (χ0) is 25.2. The minimum Gasteiger partial charge on any atom is -0.497 e. The molecule has 0 spiro atoms. The van der Waals surface area contributed by atoms with Crippen LogP contribution in [0.1, 0.15) is 41.4 Å². The number of fused-ring (bicyclic) bond motifs is 2. The van der Waals surface area contributed by atoms with E-state index in [0.29, 0.717) is 29.6 Å². The number of rotatable bonds is 7. The molecule has 3 aromatic carbocycles. The Hall–Kier alpha value is -4.39. The first kappa shape index (κ1) is 23.4.